The van der Waals surface area contributed by atoms with Gasteiger partial charge in [0.15, 0.2) is 0 Å². The zero-order chi connectivity index (χ0) is 26.6. The van der Waals surface area contributed by atoms with Gasteiger partial charge in [0.2, 0.25) is 5.91 Å². The number of hydrogen-bond donors (Lipinski definition) is 1. The third kappa shape index (κ3) is 8.18. The Morgan fingerprint density at radius 3 is 1.47 bits per heavy atom. The molecule has 0 fully saturated rings. The maximum atomic E-state index is 11.8. The van der Waals surface area contributed by atoms with Crippen LogP contribution in [0.3, 0.4) is 0 Å². The molecule has 3 aromatic carbocycles. The zero-order valence-corrected chi connectivity index (χ0v) is 21.1. The number of nitrogens with one attached hydrogen (secondary N) is 1. The van der Waals surface area contributed by atoms with Crippen LogP contribution in [0.2, 0.25) is 0 Å². The van der Waals surface area contributed by atoms with Crippen LogP contribution in [0.15, 0.2) is 91.0 Å². The molecule has 36 heavy (non-hydrogen) atoms. The van der Waals surface area contributed by atoms with Crippen molar-refractivity contribution < 1.29 is 27.9 Å². The summed E-state index contributed by atoms with van der Waals surface area (Å²) in [6.45, 7) is 1.22. The number of rotatable bonds is 9. The average Bonchev–Trinajstić information content (AvgIpc) is 2.87. The Bertz CT molecular complexity index is 983. The molecule has 1 N–H and O–H groups in total. The molecule has 0 heterocycles. The normalized spacial score (nSPS) is 11.2. The van der Waals surface area contributed by atoms with Gasteiger partial charge in [-0.3, -0.25) is 4.79 Å². The topological polar surface area (TPSA) is 72.5 Å². The first-order valence-corrected chi connectivity index (χ1v) is 13.3. The summed E-state index contributed by atoms with van der Waals surface area (Å²) in [4.78, 5) is 22.2. The second kappa shape index (κ2) is 13.8. The predicted molar refractivity (Wildman–Crippen MR) is 137 cm³/mol. The molecular formula is C27H30F3N2O3P. The number of hydrogen-bond acceptors (Lipinski definition) is 4. The van der Waals surface area contributed by atoms with Crippen molar-refractivity contribution in [1.82, 2.24) is 10.2 Å². The highest BCUT2D eigenvalue weighted by atomic mass is 31.2. The Kier molecular flexibility index (Phi) is 11.1. The van der Waals surface area contributed by atoms with Crippen LogP contribution in [0.5, 0.6) is 0 Å². The fraction of sp³-hybridized carbons (Fsp3) is 0.259. The number of carboxylic acid groups (broad SMARTS) is 1. The lowest BCUT2D eigenvalue weighted by Gasteiger charge is -2.27. The monoisotopic (exact) mass is 518 g/mol. The molecule has 0 unspecified atom stereocenters. The van der Waals surface area contributed by atoms with Crippen LogP contribution in [0.4, 0.5) is 13.2 Å². The van der Waals surface area contributed by atoms with Crippen molar-refractivity contribution in [2.24, 2.45) is 0 Å². The number of nitrogens with zero attached hydrogens (tertiary/aromatic N) is 1. The second-order valence-corrected chi connectivity index (χ2v) is 11.8. The first-order chi connectivity index (χ1) is 17.1. The van der Waals surface area contributed by atoms with Crippen molar-refractivity contribution in [3.05, 3.63) is 91.0 Å². The van der Waals surface area contributed by atoms with Gasteiger partial charge in [0.05, 0.1) is 12.7 Å². The fourth-order valence-electron chi connectivity index (χ4n) is 3.68. The summed E-state index contributed by atoms with van der Waals surface area (Å²) in [7, 11) is 1.81. The number of halogens is 3. The molecule has 0 aliphatic heterocycles. The van der Waals surface area contributed by atoms with Crippen LogP contribution in [0.25, 0.3) is 0 Å². The van der Waals surface area contributed by atoms with Gasteiger partial charge in [0.25, 0.3) is 0 Å². The molecule has 0 aliphatic rings. The van der Waals surface area contributed by atoms with Gasteiger partial charge < -0.3 is 20.1 Å². The van der Waals surface area contributed by atoms with E-state index >= 15 is 0 Å². The van der Waals surface area contributed by atoms with Gasteiger partial charge in [-0.05, 0) is 49.4 Å². The molecule has 1 amide bonds. The van der Waals surface area contributed by atoms with Gasteiger partial charge in [0, 0.05) is 14.1 Å². The molecule has 0 saturated carbocycles. The Balaban J connectivity index is 0.000000572. The second-order valence-electron chi connectivity index (χ2n) is 8.14. The number of amides is 1. The quantitative estimate of drug-likeness (QED) is 0.349. The summed E-state index contributed by atoms with van der Waals surface area (Å²) < 4.78 is 31.5. The minimum atomic E-state index is -5.19. The number of alkyl halides is 3. The summed E-state index contributed by atoms with van der Waals surface area (Å²) in [6, 6.07) is 32.8. The number of aliphatic carboxylic acids is 1. The molecule has 0 spiro atoms. The fourth-order valence-corrected chi connectivity index (χ4v) is 8.02. The van der Waals surface area contributed by atoms with Crippen LogP contribution < -0.4 is 26.3 Å². The van der Waals surface area contributed by atoms with Gasteiger partial charge in [-0.15, -0.1) is 0 Å². The molecule has 0 radical (unpaired) electrons. The molecule has 3 rings (SSSR count). The summed E-state index contributed by atoms with van der Waals surface area (Å²) in [5, 5.41) is 16.3. The van der Waals surface area contributed by atoms with Crippen molar-refractivity contribution in [3.8, 4) is 0 Å². The molecule has 0 aromatic heterocycles. The van der Waals surface area contributed by atoms with Crippen LogP contribution in [0.1, 0.15) is 6.42 Å². The SMILES string of the molecule is CN(C)C(=O)CNCCC[P+](c1ccccc1)(c1ccccc1)c1ccccc1.O=C([O-])C(F)(F)F. The summed E-state index contributed by atoms with van der Waals surface area (Å²) in [5.41, 5.74) is 0. The molecular weight excluding hydrogens is 488 g/mol. The molecule has 0 saturated heterocycles. The largest absolute Gasteiger partial charge is 0.542 e. The Labute approximate surface area is 210 Å². The number of carboxylic acids is 1. The zero-order valence-electron chi connectivity index (χ0n) is 20.2. The molecule has 9 heteroatoms. The van der Waals surface area contributed by atoms with E-state index in [0.29, 0.717) is 6.54 Å². The van der Waals surface area contributed by atoms with Gasteiger partial charge in [-0.2, -0.15) is 13.2 Å². The van der Waals surface area contributed by atoms with E-state index in [-0.39, 0.29) is 5.91 Å². The van der Waals surface area contributed by atoms with Gasteiger partial charge >= 0.3 is 6.18 Å². The lowest BCUT2D eigenvalue weighted by Crippen LogP contribution is -2.37. The van der Waals surface area contributed by atoms with Crippen molar-refractivity contribution in [2.45, 2.75) is 12.6 Å². The highest BCUT2D eigenvalue weighted by Gasteiger charge is 2.44. The van der Waals surface area contributed by atoms with E-state index in [1.54, 1.807) is 19.0 Å². The first-order valence-electron chi connectivity index (χ1n) is 11.3. The van der Waals surface area contributed by atoms with E-state index in [9.17, 15) is 18.0 Å². The minimum Gasteiger partial charge on any atom is -0.542 e. The summed E-state index contributed by atoms with van der Waals surface area (Å²) >= 11 is 0. The molecule has 0 aliphatic carbocycles. The van der Waals surface area contributed by atoms with Crippen LogP contribution in [-0.2, 0) is 9.59 Å². The summed E-state index contributed by atoms with van der Waals surface area (Å²) in [5.74, 6) is -2.90. The smallest absolute Gasteiger partial charge is 0.430 e. The van der Waals surface area contributed by atoms with E-state index < -0.39 is 19.4 Å². The summed E-state index contributed by atoms with van der Waals surface area (Å²) in [6.07, 6.45) is -3.12. The third-order valence-corrected chi connectivity index (χ3v) is 9.97. The van der Waals surface area contributed by atoms with Gasteiger partial charge in [-0.25, -0.2) is 0 Å². The Morgan fingerprint density at radius 2 is 1.17 bits per heavy atom. The highest BCUT2D eigenvalue weighted by molar-refractivity contribution is 7.95. The Morgan fingerprint density at radius 1 is 0.806 bits per heavy atom. The van der Waals surface area contributed by atoms with E-state index in [1.807, 2.05) is 0 Å². The van der Waals surface area contributed by atoms with E-state index in [2.05, 4.69) is 96.3 Å². The standard InChI is InChI=1S/C25H30N2OP.C2HF3O2/c1-27(2)25(28)21-26-19-12-20-29(22-13-6-3-7-14-22,23-15-8-4-9-16-23)24-17-10-5-11-18-24;3-2(4,5)1(6)7/h3-11,13-18,26H,12,19-21H2,1-2H3;(H,6,7)/q+1;/p-1. The number of carbonyl (C=O) groups is 2. The van der Waals surface area contributed by atoms with Crippen molar-refractivity contribution >= 4 is 35.1 Å². The van der Waals surface area contributed by atoms with Crippen molar-refractivity contribution in [1.29, 1.82) is 0 Å². The van der Waals surface area contributed by atoms with Crippen molar-refractivity contribution in [2.75, 3.05) is 33.3 Å². The average molecular weight is 519 g/mol. The predicted octanol–water partition coefficient (Wildman–Crippen LogP) is 2.35. The lowest BCUT2D eigenvalue weighted by atomic mass is 10.3. The van der Waals surface area contributed by atoms with E-state index in [4.69, 9.17) is 9.90 Å². The van der Waals surface area contributed by atoms with Gasteiger partial charge in [0.1, 0.15) is 29.1 Å². The van der Waals surface area contributed by atoms with Crippen LogP contribution in [0, 0.1) is 0 Å². The Hall–Kier alpha value is -3.22. The number of carbonyl (C=O) groups excluding carboxylic acids is 2. The van der Waals surface area contributed by atoms with Crippen LogP contribution >= 0.6 is 7.26 Å². The van der Waals surface area contributed by atoms with Crippen molar-refractivity contribution in [3.63, 3.8) is 0 Å². The molecule has 3 aromatic rings. The maximum Gasteiger partial charge on any atom is 0.430 e. The molecule has 5 nitrogen and oxygen atoms in total. The molecule has 192 valence electrons. The van der Waals surface area contributed by atoms with E-state index in [1.165, 1.54) is 15.9 Å². The number of benzene rings is 3. The molecule has 0 atom stereocenters. The lowest BCUT2D eigenvalue weighted by molar-refractivity contribution is -0.344. The highest BCUT2D eigenvalue weighted by Crippen LogP contribution is 2.55. The molecule has 0 bridgehead atoms. The first kappa shape index (κ1) is 29.0. The minimum absolute atomic E-state index is 0.111. The maximum absolute atomic E-state index is 11.8. The third-order valence-electron chi connectivity index (χ3n) is 5.44. The van der Waals surface area contributed by atoms with Gasteiger partial charge in [-0.1, -0.05) is 54.6 Å². The number of likely N-dealkylation sites (N-methyl/N-ethyl adjacent to an activating group) is 1. The van der Waals surface area contributed by atoms with Crippen LogP contribution in [-0.4, -0.2) is 56.3 Å². The van der Waals surface area contributed by atoms with E-state index in [0.717, 1.165) is 19.1 Å².